The molecule has 0 spiro atoms. The first kappa shape index (κ1) is 8.71. The highest BCUT2D eigenvalue weighted by atomic mass is 16.3. The highest BCUT2D eigenvalue weighted by Crippen LogP contribution is 2.14. The van der Waals surface area contributed by atoms with Crippen molar-refractivity contribution >= 4 is 10.9 Å². The summed E-state index contributed by atoms with van der Waals surface area (Å²) < 4.78 is 0. The zero-order valence-electron chi connectivity index (χ0n) is 7.32. The molecule has 0 bridgehead atoms. The summed E-state index contributed by atoms with van der Waals surface area (Å²) in [7, 11) is 0. The van der Waals surface area contributed by atoms with Crippen molar-refractivity contribution in [2.45, 2.75) is 6.54 Å². The lowest BCUT2D eigenvalue weighted by Gasteiger charge is -2.00. The molecule has 5 nitrogen and oxygen atoms in total. The Morgan fingerprint density at radius 2 is 2.29 bits per heavy atom. The lowest BCUT2D eigenvalue weighted by molar-refractivity contribution is 0.476. The smallest absolute Gasteiger partial charge is 0.258 e. The number of hydrogen-bond donors (Lipinski definition) is 3. The fourth-order valence-corrected chi connectivity index (χ4v) is 1.27. The third-order valence-corrected chi connectivity index (χ3v) is 1.93. The SMILES string of the molecule is NCc1nc2cc(O)ccc2c(=O)[nH]1. The van der Waals surface area contributed by atoms with Crippen molar-refractivity contribution in [3.05, 3.63) is 34.4 Å². The van der Waals surface area contributed by atoms with Gasteiger partial charge < -0.3 is 15.8 Å². The monoisotopic (exact) mass is 191 g/mol. The molecule has 2 aromatic rings. The second kappa shape index (κ2) is 3.12. The average molecular weight is 191 g/mol. The lowest BCUT2D eigenvalue weighted by atomic mass is 10.2. The number of benzene rings is 1. The molecule has 14 heavy (non-hydrogen) atoms. The second-order valence-electron chi connectivity index (χ2n) is 2.92. The fraction of sp³-hybridized carbons (Fsp3) is 0.111. The highest BCUT2D eigenvalue weighted by Gasteiger charge is 2.02. The van der Waals surface area contributed by atoms with E-state index in [4.69, 9.17) is 5.73 Å². The van der Waals surface area contributed by atoms with E-state index in [0.29, 0.717) is 16.7 Å². The standard InChI is InChI=1S/C9H9N3O2/c10-4-8-11-7-3-5(13)1-2-6(7)9(14)12-8/h1-3,13H,4,10H2,(H,11,12,14). The van der Waals surface area contributed by atoms with Crippen LogP contribution in [0.3, 0.4) is 0 Å². The van der Waals surface area contributed by atoms with Gasteiger partial charge in [-0.05, 0) is 12.1 Å². The van der Waals surface area contributed by atoms with E-state index in [2.05, 4.69) is 9.97 Å². The van der Waals surface area contributed by atoms with Gasteiger partial charge in [0.2, 0.25) is 0 Å². The van der Waals surface area contributed by atoms with Crippen LogP contribution in [0.15, 0.2) is 23.0 Å². The van der Waals surface area contributed by atoms with Crippen LogP contribution < -0.4 is 11.3 Å². The Kier molecular flexibility index (Phi) is 1.94. The van der Waals surface area contributed by atoms with Crippen molar-refractivity contribution in [1.29, 1.82) is 0 Å². The summed E-state index contributed by atoms with van der Waals surface area (Å²) in [5, 5.41) is 9.65. The normalized spacial score (nSPS) is 10.6. The fourth-order valence-electron chi connectivity index (χ4n) is 1.27. The van der Waals surface area contributed by atoms with E-state index in [1.165, 1.54) is 18.2 Å². The highest BCUT2D eigenvalue weighted by molar-refractivity contribution is 5.78. The molecule has 0 saturated carbocycles. The maximum Gasteiger partial charge on any atom is 0.258 e. The van der Waals surface area contributed by atoms with Crippen LogP contribution in [0.1, 0.15) is 5.82 Å². The van der Waals surface area contributed by atoms with Crippen LogP contribution in [-0.2, 0) is 6.54 Å². The van der Waals surface area contributed by atoms with Gasteiger partial charge in [-0.1, -0.05) is 0 Å². The molecule has 0 aliphatic heterocycles. The molecule has 2 rings (SSSR count). The van der Waals surface area contributed by atoms with Gasteiger partial charge in [-0.2, -0.15) is 0 Å². The van der Waals surface area contributed by atoms with Crippen LogP contribution in [-0.4, -0.2) is 15.1 Å². The number of nitrogens with zero attached hydrogens (tertiary/aromatic N) is 1. The summed E-state index contributed by atoms with van der Waals surface area (Å²) >= 11 is 0. The Morgan fingerprint density at radius 1 is 1.50 bits per heavy atom. The van der Waals surface area contributed by atoms with E-state index < -0.39 is 0 Å². The molecular weight excluding hydrogens is 182 g/mol. The Hall–Kier alpha value is -1.88. The molecule has 0 saturated heterocycles. The molecule has 0 aliphatic carbocycles. The van der Waals surface area contributed by atoms with E-state index in [1.54, 1.807) is 0 Å². The van der Waals surface area contributed by atoms with E-state index in [1.807, 2.05) is 0 Å². The zero-order chi connectivity index (χ0) is 10.1. The number of nitrogens with one attached hydrogen (secondary N) is 1. The third kappa shape index (κ3) is 1.33. The van der Waals surface area contributed by atoms with Crippen LogP contribution in [0.2, 0.25) is 0 Å². The van der Waals surface area contributed by atoms with Crippen LogP contribution >= 0.6 is 0 Å². The van der Waals surface area contributed by atoms with E-state index in [-0.39, 0.29) is 17.9 Å². The predicted molar refractivity (Wildman–Crippen MR) is 51.9 cm³/mol. The minimum Gasteiger partial charge on any atom is -0.508 e. The number of aromatic nitrogens is 2. The van der Waals surface area contributed by atoms with Crippen LogP contribution in [0.25, 0.3) is 10.9 Å². The van der Waals surface area contributed by atoms with E-state index in [9.17, 15) is 9.90 Å². The average Bonchev–Trinajstić information content (AvgIpc) is 2.16. The molecule has 0 radical (unpaired) electrons. The number of phenolic OH excluding ortho intramolecular Hbond substituents is 1. The summed E-state index contributed by atoms with van der Waals surface area (Å²) in [6, 6.07) is 4.40. The quantitative estimate of drug-likeness (QED) is 0.595. The molecule has 0 fully saturated rings. The van der Waals surface area contributed by atoms with Gasteiger partial charge >= 0.3 is 0 Å². The molecule has 0 aliphatic rings. The molecule has 1 aromatic heterocycles. The molecule has 0 atom stereocenters. The largest absolute Gasteiger partial charge is 0.508 e. The van der Waals surface area contributed by atoms with Crippen molar-refractivity contribution in [3.63, 3.8) is 0 Å². The van der Waals surface area contributed by atoms with Gasteiger partial charge in [0.15, 0.2) is 0 Å². The van der Waals surface area contributed by atoms with Gasteiger partial charge in [-0.15, -0.1) is 0 Å². The number of aromatic hydroxyl groups is 1. The summed E-state index contributed by atoms with van der Waals surface area (Å²) in [6.45, 7) is 0.167. The van der Waals surface area contributed by atoms with Crippen molar-refractivity contribution < 1.29 is 5.11 Å². The van der Waals surface area contributed by atoms with Crippen LogP contribution in [0.5, 0.6) is 5.75 Å². The molecule has 72 valence electrons. The van der Waals surface area contributed by atoms with Crippen molar-refractivity contribution in [1.82, 2.24) is 9.97 Å². The number of fused-ring (bicyclic) bond motifs is 1. The number of hydrogen-bond acceptors (Lipinski definition) is 4. The second-order valence-corrected chi connectivity index (χ2v) is 2.92. The molecule has 1 aromatic carbocycles. The van der Waals surface area contributed by atoms with Gasteiger partial charge in [0.25, 0.3) is 5.56 Å². The maximum atomic E-state index is 11.4. The van der Waals surface area contributed by atoms with Crippen LogP contribution in [0, 0.1) is 0 Å². The minimum atomic E-state index is -0.240. The van der Waals surface area contributed by atoms with Gasteiger partial charge in [-0.3, -0.25) is 4.79 Å². The number of phenols is 1. The first-order valence-electron chi connectivity index (χ1n) is 4.12. The Bertz CT molecular complexity index is 533. The molecule has 0 amide bonds. The lowest BCUT2D eigenvalue weighted by Crippen LogP contribution is -2.14. The topological polar surface area (TPSA) is 92.0 Å². The first-order chi connectivity index (χ1) is 6.70. The maximum absolute atomic E-state index is 11.4. The molecule has 1 heterocycles. The molecule has 0 unspecified atom stereocenters. The van der Waals surface area contributed by atoms with Crippen molar-refractivity contribution in [2.75, 3.05) is 0 Å². The molecule has 4 N–H and O–H groups in total. The van der Waals surface area contributed by atoms with Crippen molar-refractivity contribution in [3.8, 4) is 5.75 Å². The predicted octanol–water partition coefficient (Wildman–Crippen LogP) is 0.0874. The third-order valence-electron chi connectivity index (χ3n) is 1.93. The Morgan fingerprint density at radius 3 is 3.00 bits per heavy atom. The van der Waals surface area contributed by atoms with Gasteiger partial charge in [-0.25, -0.2) is 4.98 Å². The van der Waals surface area contributed by atoms with Crippen molar-refractivity contribution in [2.24, 2.45) is 5.73 Å². The van der Waals surface area contributed by atoms with Gasteiger partial charge in [0.05, 0.1) is 17.4 Å². The van der Waals surface area contributed by atoms with Gasteiger partial charge in [0, 0.05) is 6.07 Å². The summed E-state index contributed by atoms with van der Waals surface area (Å²) in [5.74, 6) is 0.492. The summed E-state index contributed by atoms with van der Waals surface area (Å²) in [6.07, 6.45) is 0. The Labute approximate surface area is 79.2 Å². The minimum absolute atomic E-state index is 0.0820. The van der Waals surface area contributed by atoms with Crippen LogP contribution in [0.4, 0.5) is 0 Å². The molecule has 5 heteroatoms. The van der Waals surface area contributed by atoms with E-state index in [0.717, 1.165) is 0 Å². The number of rotatable bonds is 1. The summed E-state index contributed by atoms with van der Waals surface area (Å²) in [5.41, 5.74) is 5.57. The summed E-state index contributed by atoms with van der Waals surface area (Å²) in [4.78, 5) is 18.1. The molecular formula is C9H9N3O2. The van der Waals surface area contributed by atoms with Gasteiger partial charge in [0.1, 0.15) is 11.6 Å². The Balaban J connectivity index is 2.84. The number of H-pyrrole nitrogens is 1. The number of nitrogens with two attached hydrogens (primary N) is 1. The zero-order valence-corrected chi connectivity index (χ0v) is 7.32. The number of aromatic amines is 1. The van der Waals surface area contributed by atoms with E-state index >= 15 is 0 Å². The first-order valence-corrected chi connectivity index (χ1v) is 4.12.